The first-order valence-electron chi connectivity index (χ1n) is 10.4. The number of anilines is 2. The van der Waals surface area contributed by atoms with Gasteiger partial charge in [0.1, 0.15) is 0 Å². The standard InChI is InChI=1S/C23H31N3O/c1-4-26-21-10-9-20(18-7-5-8-19(22(18)21)23(26)27)25-13-6-12-24(15-16-25)14-11-17(2)3/h5,7-10,17H,4,6,11-16H2,1-3H3. The molecule has 4 rings (SSSR count). The number of benzene rings is 2. The zero-order chi connectivity index (χ0) is 19.0. The van der Waals surface area contributed by atoms with Gasteiger partial charge < -0.3 is 14.7 Å². The molecule has 2 aromatic carbocycles. The van der Waals surface area contributed by atoms with Crippen molar-refractivity contribution < 1.29 is 4.79 Å². The average molecular weight is 366 g/mol. The third-order valence-electron chi connectivity index (χ3n) is 6.03. The van der Waals surface area contributed by atoms with Crippen molar-refractivity contribution in [3.05, 3.63) is 35.9 Å². The van der Waals surface area contributed by atoms with Crippen LogP contribution in [0, 0.1) is 5.92 Å². The van der Waals surface area contributed by atoms with E-state index in [1.807, 2.05) is 24.0 Å². The van der Waals surface area contributed by atoms with Crippen LogP contribution in [0.4, 0.5) is 11.4 Å². The number of hydrogen-bond donors (Lipinski definition) is 0. The molecule has 4 heteroatoms. The highest BCUT2D eigenvalue weighted by molar-refractivity contribution is 6.26. The summed E-state index contributed by atoms with van der Waals surface area (Å²) in [7, 11) is 0. The number of hydrogen-bond acceptors (Lipinski definition) is 3. The van der Waals surface area contributed by atoms with Gasteiger partial charge in [-0.05, 0) is 57.0 Å². The summed E-state index contributed by atoms with van der Waals surface area (Å²) in [5, 5.41) is 2.37. The smallest absolute Gasteiger partial charge is 0.258 e. The Bertz CT molecular complexity index is 845. The summed E-state index contributed by atoms with van der Waals surface area (Å²) in [4.78, 5) is 19.8. The molecule has 0 saturated carbocycles. The first-order valence-corrected chi connectivity index (χ1v) is 10.4. The van der Waals surface area contributed by atoms with E-state index in [0.29, 0.717) is 0 Å². The molecular weight excluding hydrogens is 334 g/mol. The Kier molecular flexibility index (Phi) is 5.09. The van der Waals surface area contributed by atoms with Gasteiger partial charge >= 0.3 is 0 Å². The summed E-state index contributed by atoms with van der Waals surface area (Å²) >= 11 is 0. The minimum atomic E-state index is 0.144. The molecule has 144 valence electrons. The normalized spacial score (nSPS) is 18.0. The van der Waals surface area contributed by atoms with Crippen LogP contribution in [0.2, 0.25) is 0 Å². The lowest BCUT2D eigenvalue weighted by Crippen LogP contribution is -2.31. The molecule has 0 N–H and O–H groups in total. The SMILES string of the molecule is CCN1C(=O)c2cccc3c(N4CCCN(CCC(C)C)CC4)ccc1c23. The van der Waals surface area contributed by atoms with Crippen LogP contribution in [-0.4, -0.2) is 50.1 Å². The van der Waals surface area contributed by atoms with E-state index in [2.05, 4.69) is 41.8 Å². The number of nitrogens with zero attached hydrogens (tertiary/aromatic N) is 3. The zero-order valence-corrected chi connectivity index (χ0v) is 16.9. The molecule has 27 heavy (non-hydrogen) atoms. The fourth-order valence-electron chi connectivity index (χ4n) is 4.50. The Morgan fingerprint density at radius 1 is 1.00 bits per heavy atom. The van der Waals surface area contributed by atoms with Gasteiger partial charge in [0.2, 0.25) is 0 Å². The van der Waals surface area contributed by atoms with Crippen LogP contribution in [0.15, 0.2) is 30.3 Å². The van der Waals surface area contributed by atoms with E-state index in [1.165, 1.54) is 37.0 Å². The quantitative estimate of drug-likeness (QED) is 0.787. The minimum absolute atomic E-state index is 0.144. The fourth-order valence-corrected chi connectivity index (χ4v) is 4.50. The van der Waals surface area contributed by atoms with Crippen LogP contribution in [-0.2, 0) is 0 Å². The summed E-state index contributed by atoms with van der Waals surface area (Å²) in [6.07, 6.45) is 2.47. The van der Waals surface area contributed by atoms with Crippen molar-refractivity contribution in [2.24, 2.45) is 5.92 Å². The maximum absolute atomic E-state index is 12.7. The minimum Gasteiger partial charge on any atom is -0.370 e. The van der Waals surface area contributed by atoms with Crippen LogP contribution < -0.4 is 9.80 Å². The van der Waals surface area contributed by atoms with Crippen molar-refractivity contribution in [3.8, 4) is 0 Å². The Hall–Kier alpha value is -2.07. The Labute approximate surface area is 162 Å². The summed E-state index contributed by atoms with van der Waals surface area (Å²) in [6, 6.07) is 10.6. The maximum atomic E-state index is 12.7. The predicted octanol–water partition coefficient (Wildman–Crippen LogP) is 4.38. The van der Waals surface area contributed by atoms with Gasteiger partial charge in [-0.2, -0.15) is 0 Å². The number of carbonyl (C=O) groups excluding carboxylic acids is 1. The Morgan fingerprint density at radius 2 is 1.81 bits per heavy atom. The second kappa shape index (κ2) is 7.51. The lowest BCUT2D eigenvalue weighted by Gasteiger charge is -2.26. The molecule has 0 spiro atoms. The third kappa shape index (κ3) is 3.31. The molecule has 0 unspecified atom stereocenters. The molecule has 1 amide bonds. The molecule has 2 heterocycles. The Morgan fingerprint density at radius 3 is 2.59 bits per heavy atom. The molecule has 2 aromatic rings. The summed E-state index contributed by atoms with van der Waals surface area (Å²) in [6.45, 7) is 13.0. The monoisotopic (exact) mass is 365 g/mol. The number of amides is 1. The van der Waals surface area contributed by atoms with Crippen LogP contribution in [0.1, 0.15) is 44.0 Å². The lowest BCUT2D eigenvalue weighted by atomic mass is 10.0. The number of carbonyl (C=O) groups is 1. The van der Waals surface area contributed by atoms with Gasteiger partial charge in [-0.25, -0.2) is 0 Å². The van der Waals surface area contributed by atoms with Crippen molar-refractivity contribution >= 4 is 28.1 Å². The van der Waals surface area contributed by atoms with Gasteiger partial charge in [-0.1, -0.05) is 26.0 Å². The largest absolute Gasteiger partial charge is 0.370 e. The molecular formula is C23H31N3O. The second-order valence-electron chi connectivity index (χ2n) is 8.25. The highest BCUT2D eigenvalue weighted by atomic mass is 16.2. The van der Waals surface area contributed by atoms with Crippen LogP contribution in [0.25, 0.3) is 10.8 Å². The van der Waals surface area contributed by atoms with Gasteiger partial charge in [0.05, 0.1) is 5.69 Å². The van der Waals surface area contributed by atoms with Crippen molar-refractivity contribution in [2.75, 3.05) is 49.1 Å². The van der Waals surface area contributed by atoms with Crippen LogP contribution in [0.5, 0.6) is 0 Å². The van der Waals surface area contributed by atoms with E-state index >= 15 is 0 Å². The van der Waals surface area contributed by atoms with Gasteiger partial charge in [0, 0.05) is 48.2 Å². The van der Waals surface area contributed by atoms with Crippen LogP contribution >= 0.6 is 0 Å². The molecule has 2 aliphatic heterocycles. The second-order valence-corrected chi connectivity index (χ2v) is 8.25. The topological polar surface area (TPSA) is 26.8 Å². The molecule has 2 aliphatic rings. The molecule has 4 nitrogen and oxygen atoms in total. The highest BCUT2D eigenvalue weighted by Crippen LogP contribution is 2.41. The first kappa shape index (κ1) is 18.3. The van der Waals surface area contributed by atoms with E-state index in [-0.39, 0.29) is 5.91 Å². The van der Waals surface area contributed by atoms with Crippen molar-refractivity contribution in [3.63, 3.8) is 0 Å². The lowest BCUT2D eigenvalue weighted by molar-refractivity contribution is 0.0994. The van der Waals surface area contributed by atoms with E-state index < -0.39 is 0 Å². The summed E-state index contributed by atoms with van der Waals surface area (Å²) < 4.78 is 0. The van der Waals surface area contributed by atoms with Gasteiger partial charge in [0.15, 0.2) is 0 Å². The molecule has 0 aromatic heterocycles. The highest BCUT2D eigenvalue weighted by Gasteiger charge is 2.30. The van der Waals surface area contributed by atoms with E-state index in [9.17, 15) is 4.79 Å². The van der Waals surface area contributed by atoms with Crippen molar-refractivity contribution in [1.29, 1.82) is 0 Å². The maximum Gasteiger partial charge on any atom is 0.258 e. The van der Waals surface area contributed by atoms with Crippen molar-refractivity contribution in [2.45, 2.75) is 33.6 Å². The predicted molar refractivity (Wildman–Crippen MR) is 114 cm³/mol. The molecule has 0 bridgehead atoms. The molecule has 0 aliphatic carbocycles. The molecule has 0 radical (unpaired) electrons. The summed E-state index contributed by atoms with van der Waals surface area (Å²) in [5.74, 6) is 0.908. The molecule has 0 atom stereocenters. The molecule has 1 saturated heterocycles. The van der Waals surface area contributed by atoms with E-state index in [4.69, 9.17) is 0 Å². The van der Waals surface area contributed by atoms with Crippen molar-refractivity contribution in [1.82, 2.24) is 4.90 Å². The summed E-state index contributed by atoms with van der Waals surface area (Å²) in [5.41, 5.74) is 3.22. The number of rotatable bonds is 5. The average Bonchev–Trinajstić information content (AvgIpc) is 2.82. The van der Waals surface area contributed by atoms with Gasteiger partial charge in [-0.3, -0.25) is 4.79 Å². The third-order valence-corrected chi connectivity index (χ3v) is 6.03. The van der Waals surface area contributed by atoms with Crippen LogP contribution in [0.3, 0.4) is 0 Å². The van der Waals surface area contributed by atoms with E-state index in [1.54, 1.807) is 0 Å². The molecule has 1 fully saturated rings. The Balaban J connectivity index is 1.62. The van der Waals surface area contributed by atoms with E-state index in [0.717, 1.165) is 48.7 Å². The zero-order valence-electron chi connectivity index (χ0n) is 16.9. The fraction of sp³-hybridized carbons (Fsp3) is 0.522. The van der Waals surface area contributed by atoms with Gasteiger partial charge in [0.25, 0.3) is 5.91 Å². The van der Waals surface area contributed by atoms with Gasteiger partial charge in [-0.15, -0.1) is 0 Å². The first-order chi connectivity index (χ1) is 13.1.